The predicted octanol–water partition coefficient (Wildman–Crippen LogP) is 12.1. The monoisotopic (exact) mass is 562 g/mol. The van der Waals surface area contributed by atoms with Gasteiger partial charge in [0.15, 0.2) is 0 Å². The van der Waals surface area contributed by atoms with Crippen molar-refractivity contribution in [2.45, 2.75) is 0 Å². The molecular weight excluding hydrogens is 532 g/mol. The summed E-state index contributed by atoms with van der Waals surface area (Å²) in [6.07, 6.45) is 0. The van der Waals surface area contributed by atoms with E-state index in [0.29, 0.717) is 0 Å². The van der Waals surface area contributed by atoms with Gasteiger partial charge in [0, 0.05) is 33.2 Å². The number of benzene rings is 8. The van der Waals surface area contributed by atoms with E-state index in [1.54, 1.807) is 0 Å². The first kappa shape index (κ1) is 25.8. The third-order valence-electron chi connectivity index (χ3n) is 8.38. The Labute approximate surface area is 257 Å². The Morgan fingerprint density at radius 1 is 0.250 bits per heavy atom. The SMILES string of the molecule is c1ccc(N(c2ccc3c(N(c4ccccc4)c4cccc5ccccc45)cccc3c2)c2cccc3ccccc23)cc1. The number of fused-ring (bicyclic) bond motifs is 3. The zero-order valence-corrected chi connectivity index (χ0v) is 24.2. The maximum absolute atomic E-state index is 2.39. The Hall–Kier alpha value is -5.86. The van der Waals surface area contributed by atoms with Crippen LogP contribution < -0.4 is 9.80 Å². The van der Waals surface area contributed by atoms with Crippen molar-refractivity contribution in [3.8, 4) is 0 Å². The summed E-state index contributed by atoms with van der Waals surface area (Å²) in [4.78, 5) is 4.76. The number of rotatable bonds is 6. The van der Waals surface area contributed by atoms with Gasteiger partial charge in [-0.1, -0.05) is 127 Å². The maximum Gasteiger partial charge on any atom is 0.0540 e. The van der Waals surface area contributed by atoms with Gasteiger partial charge >= 0.3 is 0 Å². The second-order valence-corrected chi connectivity index (χ2v) is 11.0. The van der Waals surface area contributed by atoms with E-state index in [9.17, 15) is 0 Å². The average Bonchev–Trinajstić information content (AvgIpc) is 3.10. The van der Waals surface area contributed by atoms with E-state index in [2.05, 4.69) is 192 Å². The normalized spacial score (nSPS) is 11.2. The lowest BCUT2D eigenvalue weighted by atomic mass is 10.0. The molecule has 0 heterocycles. The number of nitrogens with zero attached hydrogens (tertiary/aromatic N) is 2. The minimum absolute atomic E-state index is 1.12. The van der Waals surface area contributed by atoms with Crippen molar-refractivity contribution < 1.29 is 0 Å². The van der Waals surface area contributed by atoms with Crippen LogP contribution in [0.4, 0.5) is 34.1 Å². The summed E-state index contributed by atoms with van der Waals surface area (Å²) < 4.78 is 0. The summed E-state index contributed by atoms with van der Waals surface area (Å²) in [7, 11) is 0. The molecule has 0 spiro atoms. The first-order valence-electron chi connectivity index (χ1n) is 15.0. The third kappa shape index (κ3) is 4.54. The highest BCUT2D eigenvalue weighted by molar-refractivity contribution is 6.06. The van der Waals surface area contributed by atoms with Gasteiger partial charge in [0.25, 0.3) is 0 Å². The van der Waals surface area contributed by atoms with Crippen LogP contribution in [0.15, 0.2) is 182 Å². The molecule has 0 radical (unpaired) electrons. The fourth-order valence-corrected chi connectivity index (χ4v) is 6.38. The molecular formula is C42H30N2. The molecule has 0 saturated heterocycles. The Balaban J connectivity index is 1.34. The number of anilines is 6. The van der Waals surface area contributed by atoms with Crippen molar-refractivity contribution in [3.05, 3.63) is 182 Å². The van der Waals surface area contributed by atoms with E-state index < -0.39 is 0 Å². The fraction of sp³-hybridized carbons (Fsp3) is 0. The molecule has 8 rings (SSSR count). The van der Waals surface area contributed by atoms with Gasteiger partial charge in [0.2, 0.25) is 0 Å². The van der Waals surface area contributed by atoms with Crippen LogP contribution in [0, 0.1) is 0 Å². The van der Waals surface area contributed by atoms with E-state index in [4.69, 9.17) is 0 Å². The molecule has 0 N–H and O–H groups in total. The topological polar surface area (TPSA) is 6.48 Å². The molecule has 0 bridgehead atoms. The van der Waals surface area contributed by atoms with Crippen molar-refractivity contribution >= 4 is 66.4 Å². The summed E-state index contributed by atoms with van der Waals surface area (Å²) in [6.45, 7) is 0. The lowest BCUT2D eigenvalue weighted by molar-refractivity contribution is 1.30. The van der Waals surface area contributed by atoms with Gasteiger partial charge in [-0.2, -0.15) is 0 Å². The first-order valence-corrected chi connectivity index (χ1v) is 15.0. The van der Waals surface area contributed by atoms with E-state index in [0.717, 1.165) is 34.1 Å². The summed E-state index contributed by atoms with van der Waals surface area (Å²) >= 11 is 0. The molecule has 0 aromatic heterocycles. The molecule has 0 aliphatic rings. The lowest BCUT2D eigenvalue weighted by Gasteiger charge is -2.29. The van der Waals surface area contributed by atoms with Crippen molar-refractivity contribution in [1.82, 2.24) is 0 Å². The van der Waals surface area contributed by atoms with Gasteiger partial charge in [-0.3, -0.25) is 0 Å². The fourth-order valence-electron chi connectivity index (χ4n) is 6.38. The molecule has 0 amide bonds. The minimum atomic E-state index is 1.12. The number of hydrogen-bond donors (Lipinski definition) is 0. The van der Waals surface area contributed by atoms with E-state index >= 15 is 0 Å². The molecule has 8 aromatic rings. The van der Waals surface area contributed by atoms with Gasteiger partial charge < -0.3 is 9.80 Å². The molecule has 0 aliphatic carbocycles. The summed E-state index contributed by atoms with van der Waals surface area (Å²) in [6, 6.07) is 65.1. The summed E-state index contributed by atoms with van der Waals surface area (Å²) in [5, 5.41) is 7.27. The van der Waals surface area contributed by atoms with Gasteiger partial charge in [0.05, 0.1) is 17.1 Å². The van der Waals surface area contributed by atoms with Gasteiger partial charge in [-0.15, -0.1) is 0 Å². The Morgan fingerprint density at radius 3 is 1.23 bits per heavy atom. The van der Waals surface area contributed by atoms with Crippen LogP contribution in [0.25, 0.3) is 32.3 Å². The zero-order valence-electron chi connectivity index (χ0n) is 24.2. The molecule has 0 atom stereocenters. The van der Waals surface area contributed by atoms with Gasteiger partial charge in [-0.25, -0.2) is 0 Å². The van der Waals surface area contributed by atoms with E-state index in [1.807, 2.05) is 0 Å². The van der Waals surface area contributed by atoms with Crippen molar-refractivity contribution in [3.63, 3.8) is 0 Å². The largest absolute Gasteiger partial charge is 0.310 e. The molecule has 208 valence electrons. The molecule has 2 heteroatoms. The Bertz CT molecular complexity index is 2230. The van der Waals surface area contributed by atoms with E-state index in [1.165, 1.54) is 32.3 Å². The Kier molecular flexibility index (Phi) is 6.51. The average molecular weight is 563 g/mol. The second-order valence-electron chi connectivity index (χ2n) is 11.0. The molecule has 0 unspecified atom stereocenters. The van der Waals surface area contributed by atoms with Crippen LogP contribution in [-0.2, 0) is 0 Å². The number of para-hydroxylation sites is 2. The molecule has 2 nitrogen and oxygen atoms in total. The van der Waals surface area contributed by atoms with Crippen LogP contribution in [0.5, 0.6) is 0 Å². The van der Waals surface area contributed by atoms with Crippen molar-refractivity contribution in [1.29, 1.82) is 0 Å². The predicted molar refractivity (Wildman–Crippen MR) is 188 cm³/mol. The minimum Gasteiger partial charge on any atom is -0.310 e. The van der Waals surface area contributed by atoms with Crippen LogP contribution in [-0.4, -0.2) is 0 Å². The van der Waals surface area contributed by atoms with Crippen LogP contribution >= 0.6 is 0 Å². The van der Waals surface area contributed by atoms with Crippen LogP contribution in [0.1, 0.15) is 0 Å². The van der Waals surface area contributed by atoms with Crippen LogP contribution in [0.3, 0.4) is 0 Å². The van der Waals surface area contributed by atoms with Crippen LogP contribution in [0.2, 0.25) is 0 Å². The number of hydrogen-bond acceptors (Lipinski definition) is 2. The van der Waals surface area contributed by atoms with Crippen molar-refractivity contribution in [2.24, 2.45) is 0 Å². The highest BCUT2D eigenvalue weighted by atomic mass is 15.2. The smallest absolute Gasteiger partial charge is 0.0540 e. The molecule has 0 aliphatic heterocycles. The maximum atomic E-state index is 2.39. The Morgan fingerprint density at radius 2 is 0.659 bits per heavy atom. The summed E-state index contributed by atoms with van der Waals surface area (Å²) in [5.74, 6) is 0. The quantitative estimate of drug-likeness (QED) is 0.199. The first-order chi connectivity index (χ1) is 21.8. The lowest BCUT2D eigenvalue weighted by Crippen LogP contribution is -2.12. The van der Waals surface area contributed by atoms with Crippen molar-refractivity contribution in [2.75, 3.05) is 9.80 Å². The van der Waals surface area contributed by atoms with Gasteiger partial charge in [-0.05, 0) is 70.8 Å². The molecule has 0 fully saturated rings. The summed E-state index contributed by atoms with van der Waals surface area (Å²) in [5.41, 5.74) is 6.84. The standard InChI is InChI=1S/C42H30N2/c1-3-19-34(20-4-1)43(40-25-11-16-31-14-7-9-23-37(31)40)36-28-29-39-33(30-36)18-13-27-42(39)44(35-21-5-2-6-22-35)41-26-12-17-32-15-8-10-24-38(32)41/h1-30H. The third-order valence-corrected chi connectivity index (χ3v) is 8.38. The highest BCUT2D eigenvalue weighted by Crippen LogP contribution is 2.44. The molecule has 0 saturated carbocycles. The van der Waals surface area contributed by atoms with Gasteiger partial charge in [0.1, 0.15) is 0 Å². The highest BCUT2D eigenvalue weighted by Gasteiger charge is 2.19. The van der Waals surface area contributed by atoms with E-state index in [-0.39, 0.29) is 0 Å². The molecule has 8 aromatic carbocycles. The molecule has 44 heavy (non-hydrogen) atoms. The second kappa shape index (κ2) is 11.1. The zero-order chi connectivity index (χ0) is 29.3.